The molecule has 1 aromatic carbocycles. The van der Waals surface area contributed by atoms with E-state index >= 15 is 0 Å². The van der Waals surface area contributed by atoms with Crippen molar-refractivity contribution in [1.82, 2.24) is 25.9 Å². The number of aromatic amines is 1. The van der Waals surface area contributed by atoms with Crippen molar-refractivity contribution in [2.24, 2.45) is 17.4 Å². The molecule has 0 saturated carbocycles. The second kappa shape index (κ2) is 15.2. The summed E-state index contributed by atoms with van der Waals surface area (Å²) < 4.78 is 0. The molecular weight excluding hydrogens is 506 g/mol. The van der Waals surface area contributed by atoms with Crippen molar-refractivity contribution in [3.8, 4) is 0 Å². The van der Waals surface area contributed by atoms with Crippen molar-refractivity contribution in [2.75, 3.05) is 0 Å². The van der Waals surface area contributed by atoms with E-state index in [1.54, 1.807) is 37.3 Å². The van der Waals surface area contributed by atoms with Gasteiger partial charge in [-0.05, 0) is 17.9 Å². The average molecular weight is 544 g/mol. The highest BCUT2D eigenvalue weighted by atomic mass is 16.4. The Balaban J connectivity index is 2.19. The van der Waals surface area contributed by atoms with Crippen LogP contribution in [0.15, 0.2) is 42.9 Å². The number of nitrogens with zero attached hydrogens (tertiary/aromatic N) is 1. The molecule has 0 saturated heterocycles. The third-order valence-corrected chi connectivity index (χ3v) is 6.34. The summed E-state index contributed by atoms with van der Waals surface area (Å²) in [6.07, 6.45) is 3.37. The fourth-order valence-electron chi connectivity index (χ4n) is 3.80. The van der Waals surface area contributed by atoms with E-state index in [0.717, 1.165) is 5.56 Å². The zero-order valence-electron chi connectivity index (χ0n) is 22.1. The second-order valence-corrected chi connectivity index (χ2v) is 9.41. The van der Waals surface area contributed by atoms with E-state index in [4.69, 9.17) is 11.5 Å². The van der Waals surface area contributed by atoms with Crippen LogP contribution in [0.25, 0.3) is 0 Å². The van der Waals surface area contributed by atoms with Crippen molar-refractivity contribution in [3.63, 3.8) is 0 Å². The molecule has 0 spiro atoms. The number of imidazole rings is 1. The van der Waals surface area contributed by atoms with Crippen LogP contribution in [0.5, 0.6) is 0 Å². The number of nitrogens with one attached hydrogen (secondary N) is 4. The molecule has 39 heavy (non-hydrogen) atoms. The SMILES string of the molecule is CCC(C)C(NC(=O)C(Cc1cnc[nH]1)NC(=O)C(N)CCC(N)=O)C(=O)NC(Cc1ccccc1)C(=O)O. The summed E-state index contributed by atoms with van der Waals surface area (Å²) in [5, 5.41) is 17.5. The summed E-state index contributed by atoms with van der Waals surface area (Å²) in [5.41, 5.74) is 12.3. The summed E-state index contributed by atoms with van der Waals surface area (Å²) >= 11 is 0. The van der Waals surface area contributed by atoms with Crippen molar-refractivity contribution in [1.29, 1.82) is 0 Å². The third-order valence-electron chi connectivity index (χ3n) is 6.34. The van der Waals surface area contributed by atoms with Gasteiger partial charge >= 0.3 is 5.97 Å². The molecule has 212 valence electrons. The third kappa shape index (κ3) is 10.2. The van der Waals surface area contributed by atoms with E-state index in [-0.39, 0.29) is 31.6 Å². The molecular formula is C26H37N7O6. The van der Waals surface area contributed by atoms with E-state index in [1.165, 1.54) is 12.5 Å². The minimum atomic E-state index is -1.22. The fraction of sp³-hybridized carbons (Fsp3) is 0.462. The maximum absolute atomic E-state index is 13.4. The Morgan fingerprint density at radius 3 is 2.21 bits per heavy atom. The van der Waals surface area contributed by atoms with Gasteiger partial charge in [0.1, 0.15) is 18.1 Å². The Bertz CT molecular complexity index is 1110. The summed E-state index contributed by atoms with van der Waals surface area (Å²) in [7, 11) is 0. The Morgan fingerprint density at radius 2 is 1.64 bits per heavy atom. The number of nitrogens with two attached hydrogens (primary N) is 2. The number of hydrogen-bond donors (Lipinski definition) is 7. The monoisotopic (exact) mass is 543 g/mol. The minimum Gasteiger partial charge on any atom is -0.480 e. The quantitative estimate of drug-likeness (QED) is 0.144. The summed E-state index contributed by atoms with van der Waals surface area (Å²) in [4.78, 5) is 69.0. The molecule has 0 bridgehead atoms. The summed E-state index contributed by atoms with van der Waals surface area (Å²) in [5.74, 6) is -4.19. The first kappa shape index (κ1) is 31.0. The lowest BCUT2D eigenvalue weighted by Gasteiger charge is -2.28. The first-order valence-electron chi connectivity index (χ1n) is 12.7. The minimum absolute atomic E-state index is 0.00451. The molecule has 13 nitrogen and oxygen atoms in total. The molecule has 9 N–H and O–H groups in total. The predicted molar refractivity (Wildman–Crippen MR) is 142 cm³/mol. The number of carboxylic acid groups (broad SMARTS) is 1. The smallest absolute Gasteiger partial charge is 0.326 e. The number of hydrogen-bond acceptors (Lipinski definition) is 7. The highest BCUT2D eigenvalue weighted by molar-refractivity contribution is 5.94. The van der Waals surface area contributed by atoms with Crippen molar-refractivity contribution < 1.29 is 29.1 Å². The number of H-pyrrole nitrogens is 1. The molecule has 5 unspecified atom stereocenters. The van der Waals surface area contributed by atoms with Crippen LogP contribution in [-0.2, 0) is 36.8 Å². The molecule has 5 atom stereocenters. The van der Waals surface area contributed by atoms with Gasteiger partial charge in [-0.3, -0.25) is 19.2 Å². The lowest BCUT2D eigenvalue weighted by atomic mass is 9.96. The maximum Gasteiger partial charge on any atom is 0.326 e. The summed E-state index contributed by atoms with van der Waals surface area (Å²) in [6.45, 7) is 3.58. The Kier molecular flexibility index (Phi) is 12.1. The van der Waals surface area contributed by atoms with Gasteiger partial charge in [-0.1, -0.05) is 50.6 Å². The zero-order chi connectivity index (χ0) is 28.9. The molecule has 0 aliphatic rings. The van der Waals surface area contributed by atoms with E-state index in [9.17, 15) is 29.1 Å². The lowest BCUT2D eigenvalue weighted by molar-refractivity contribution is -0.142. The van der Waals surface area contributed by atoms with E-state index in [1.807, 2.05) is 6.92 Å². The molecule has 4 amide bonds. The molecule has 0 aliphatic heterocycles. The van der Waals surface area contributed by atoms with Crippen LogP contribution in [0, 0.1) is 5.92 Å². The topological polar surface area (TPSA) is 222 Å². The standard InChI is InChI=1S/C26H37N7O6/c1-3-15(2)22(25(37)32-20(26(38)39)11-16-7-5-4-6-8-16)33-24(36)19(12-17-13-29-14-30-17)31-23(35)18(27)9-10-21(28)34/h4-8,13-15,18-20,22H,3,9-12,27H2,1-2H3,(H2,28,34)(H,29,30)(H,31,35)(H,32,37)(H,33,36)(H,38,39). The maximum atomic E-state index is 13.4. The number of benzene rings is 1. The molecule has 0 aliphatic carbocycles. The lowest BCUT2D eigenvalue weighted by Crippen LogP contribution is -2.59. The fourth-order valence-corrected chi connectivity index (χ4v) is 3.80. The number of rotatable bonds is 16. The van der Waals surface area contributed by atoms with Gasteiger partial charge in [-0.15, -0.1) is 0 Å². The van der Waals surface area contributed by atoms with E-state index in [2.05, 4.69) is 25.9 Å². The van der Waals surface area contributed by atoms with Gasteiger partial charge in [0, 0.05) is 31.2 Å². The van der Waals surface area contributed by atoms with Crippen LogP contribution in [0.1, 0.15) is 44.4 Å². The van der Waals surface area contributed by atoms with Crippen LogP contribution >= 0.6 is 0 Å². The number of amides is 4. The Morgan fingerprint density at radius 1 is 0.974 bits per heavy atom. The molecule has 2 rings (SSSR count). The van der Waals surface area contributed by atoms with Crippen LogP contribution in [-0.4, -0.2) is 68.8 Å². The number of primary amides is 1. The number of carbonyl (C=O) groups excluding carboxylic acids is 4. The number of carbonyl (C=O) groups is 5. The number of aromatic nitrogens is 2. The highest BCUT2D eigenvalue weighted by Gasteiger charge is 2.33. The van der Waals surface area contributed by atoms with Gasteiger partial charge in [0.2, 0.25) is 23.6 Å². The Hall–Kier alpha value is -4.26. The predicted octanol–water partition coefficient (Wildman–Crippen LogP) is -0.627. The van der Waals surface area contributed by atoms with E-state index in [0.29, 0.717) is 12.1 Å². The number of carboxylic acids is 1. The highest BCUT2D eigenvalue weighted by Crippen LogP contribution is 2.11. The Labute approximate surface area is 226 Å². The van der Waals surface area contributed by atoms with Crippen molar-refractivity contribution >= 4 is 29.6 Å². The molecule has 0 fully saturated rings. The van der Waals surface area contributed by atoms with Crippen molar-refractivity contribution in [3.05, 3.63) is 54.1 Å². The molecule has 0 radical (unpaired) electrons. The van der Waals surface area contributed by atoms with Crippen LogP contribution < -0.4 is 27.4 Å². The molecule has 1 aromatic heterocycles. The van der Waals surface area contributed by atoms with Gasteiger partial charge in [0.25, 0.3) is 0 Å². The molecule has 1 heterocycles. The van der Waals surface area contributed by atoms with Gasteiger partial charge in [0.05, 0.1) is 12.4 Å². The van der Waals surface area contributed by atoms with Gasteiger partial charge in [-0.2, -0.15) is 0 Å². The molecule has 2 aromatic rings. The largest absolute Gasteiger partial charge is 0.480 e. The van der Waals surface area contributed by atoms with Gasteiger partial charge < -0.3 is 37.5 Å². The average Bonchev–Trinajstić information content (AvgIpc) is 3.42. The van der Waals surface area contributed by atoms with E-state index < -0.39 is 53.8 Å². The van der Waals surface area contributed by atoms with Crippen LogP contribution in [0.3, 0.4) is 0 Å². The van der Waals surface area contributed by atoms with Crippen LogP contribution in [0.2, 0.25) is 0 Å². The first-order chi connectivity index (χ1) is 18.5. The second-order valence-electron chi connectivity index (χ2n) is 9.41. The first-order valence-corrected chi connectivity index (χ1v) is 12.7. The van der Waals surface area contributed by atoms with Crippen LogP contribution in [0.4, 0.5) is 0 Å². The molecule has 13 heteroatoms. The summed E-state index contributed by atoms with van der Waals surface area (Å²) in [6, 6.07) is 4.33. The normalized spacial score (nSPS) is 14.7. The van der Waals surface area contributed by atoms with Gasteiger partial charge in [0.15, 0.2) is 0 Å². The van der Waals surface area contributed by atoms with Crippen molar-refractivity contribution in [2.45, 2.75) is 70.1 Å². The zero-order valence-corrected chi connectivity index (χ0v) is 22.1. The number of aliphatic carboxylic acids is 1. The van der Waals surface area contributed by atoms with Gasteiger partial charge in [-0.25, -0.2) is 9.78 Å².